The first-order valence-corrected chi connectivity index (χ1v) is 12.0. The van der Waals surface area contributed by atoms with Gasteiger partial charge in [-0.25, -0.2) is 9.67 Å². The fraction of sp³-hybridized carbons (Fsp3) is 0.296. The topological polar surface area (TPSA) is 109 Å². The number of fused-ring (bicyclic) bond motifs is 2. The van der Waals surface area contributed by atoms with Crippen LogP contribution in [0.4, 0.5) is 5.82 Å². The van der Waals surface area contributed by atoms with Crippen LogP contribution < -0.4 is 10.2 Å². The van der Waals surface area contributed by atoms with Crippen molar-refractivity contribution in [2.24, 2.45) is 0 Å². The van der Waals surface area contributed by atoms with Crippen LogP contribution >= 0.6 is 0 Å². The summed E-state index contributed by atoms with van der Waals surface area (Å²) in [5, 5.41) is 18.2. The molecule has 1 atom stereocenters. The fourth-order valence-corrected chi connectivity index (χ4v) is 4.60. The number of hydrogen-bond donors (Lipinski definition) is 1. The molecule has 36 heavy (non-hydrogen) atoms. The molecule has 2 aliphatic heterocycles. The van der Waals surface area contributed by atoms with E-state index in [4.69, 9.17) is 9.72 Å². The number of pyridine rings is 2. The first-order chi connectivity index (χ1) is 17.5. The Kier molecular flexibility index (Phi) is 5.38. The monoisotopic (exact) mass is 479 g/mol. The van der Waals surface area contributed by atoms with E-state index in [2.05, 4.69) is 26.4 Å². The number of rotatable bonds is 5. The number of carbonyl (C=O) groups excluding carboxylic acids is 1. The van der Waals surface area contributed by atoms with Crippen molar-refractivity contribution in [3.63, 3.8) is 0 Å². The molecule has 0 radical (unpaired) electrons. The number of aromatic nitrogens is 4. The highest BCUT2D eigenvalue weighted by Gasteiger charge is 2.33. The van der Waals surface area contributed by atoms with Crippen LogP contribution in [0.25, 0.3) is 16.7 Å². The SMILES string of the molecule is C[C@@]1(C#N)COCc2ccc(C(=O)NCc3cc4nn(-c5cccc(N6CCC6)n5)cc4cn3)cc21. The largest absolute Gasteiger partial charge is 0.375 e. The first kappa shape index (κ1) is 22.2. The van der Waals surface area contributed by atoms with Crippen LogP contribution in [-0.2, 0) is 23.3 Å². The molecule has 1 saturated heterocycles. The smallest absolute Gasteiger partial charge is 0.251 e. The maximum atomic E-state index is 12.9. The minimum Gasteiger partial charge on any atom is -0.375 e. The van der Waals surface area contributed by atoms with Gasteiger partial charge in [0.15, 0.2) is 5.82 Å². The zero-order valence-corrected chi connectivity index (χ0v) is 19.9. The molecule has 4 aromatic rings. The van der Waals surface area contributed by atoms with Crippen molar-refractivity contribution in [3.8, 4) is 11.9 Å². The van der Waals surface area contributed by atoms with Crippen LogP contribution in [0.15, 0.2) is 54.9 Å². The van der Waals surface area contributed by atoms with E-state index in [1.807, 2.05) is 43.5 Å². The summed E-state index contributed by atoms with van der Waals surface area (Å²) in [4.78, 5) is 24.4. The first-order valence-electron chi connectivity index (χ1n) is 12.0. The number of benzene rings is 1. The van der Waals surface area contributed by atoms with Gasteiger partial charge in [-0.05, 0) is 54.8 Å². The number of nitrogens with one attached hydrogen (secondary N) is 1. The Morgan fingerprint density at radius 3 is 2.89 bits per heavy atom. The summed E-state index contributed by atoms with van der Waals surface area (Å²) in [7, 11) is 0. The Hall–Kier alpha value is -4.29. The highest BCUT2D eigenvalue weighted by molar-refractivity contribution is 5.94. The van der Waals surface area contributed by atoms with Gasteiger partial charge in [0.2, 0.25) is 0 Å². The van der Waals surface area contributed by atoms with Gasteiger partial charge in [-0.2, -0.15) is 10.4 Å². The maximum absolute atomic E-state index is 12.9. The average Bonchev–Trinajstić information content (AvgIpc) is 3.30. The van der Waals surface area contributed by atoms with Crippen molar-refractivity contribution in [1.82, 2.24) is 25.1 Å². The molecule has 6 rings (SSSR count). The highest BCUT2D eigenvalue weighted by atomic mass is 16.5. The Morgan fingerprint density at radius 2 is 2.08 bits per heavy atom. The second-order valence-electron chi connectivity index (χ2n) is 9.49. The molecule has 180 valence electrons. The summed E-state index contributed by atoms with van der Waals surface area (Å²) in [6.45, 7) is 4.93. The van der Waals surface area contributed by atoms with Crippen LogP contribution in [0.2, 0.25) is 0 Å². The van der Waals surface area contributed by atoms with E-state index < -0.39 is 5.41 Å². The Bertz CT molecular complexity index is 1520. The lowest BCUT2D eigenvalue weighted by atomic mass is 9.79. The van der Waals surface area contributed by atoms with Gasteiger partial charge >= 0.3 is 0 Å². The summed E-state index contributed by atoms with van der Waals surface area (Å²) in [6, 6.07) is 15.6. The number of carbonyl (C=O) groups is 1. The minimum atomic E-state index is -0.765. The van der Waals surface area contributed by atoms with Crippen LogP contribution in [0.5, 0.6) is 0 Å². The highest BCUT2D eigenvalue weighted by Crippen LogP contribution is 2.32. The Morgan fingerprint density at radius 1 is 1.22 bits per heavy atom. The summed E-state index contributed by atoms with van der Waals surface area (Å²) in [6.07, 6.45) is 4.87. The third-order valence-corrected chi connectivity index (χ3v) is 6.87. The molecule has 1 N–H and O–H groups in total. The predicted molar refractivity (Wildman–Crippen MR) is 134 cm³/mol. The van der Waals surface area contributed by atoms with E-state index in [1.165, 1.54) is 6.42 Å². The second kappa shape index (κ2) is 8.73. The molecule has 1 fully saturated rings. The maximum Gasteiger partial charge on any atom is 0.251 e. The van der Waals surface area contributed by atoms with Crippen LogP contribution in [0.1, 0.15) is 40.5 Å². The number of anilines is 1. The van der Waals surface area contributed by atoms with Crippen molar-refractivity contribution < 1.29 is 9.53 Å². The average molecular weight is 480 g/mol. The van der Waals surface area contributed by atoms with Gasteiger partial charge in [0.25, 0.3) is 5.91 Å². The number of amides is 1. The Labute approximate surface area is 208 Å². The van der Waals surface area contributed by atoms with E-state index in [0.29, 0.717) is 24.5 Å². The van der Waals surface area contributed by atoms with E-state index in [1.54, 1.807) is 23.0 Å². The Balaban J connectivity index is 1.18. The summed E-state index contributed by atoms with van der Waals surface area (Å²) in [5.41, 5.74) is 3.02. The van der Waals surface area contributed by atoms with Gasteiger partial charge in [-0.15, -0.1) is 0 Å². The van der Waals surface area contributed by atoms with Crippen molar-refractivity contribution in [2.75, 3.05) is 24.6 Å². The molecule has 0 aliphatic carbocycles. The number of nitriles is 1. The third kappa shape index (κ3) is 3.95. The molecule has 0 spiro atoms. The van der Waals surface area contributed by atoms with Crippen LogP contribution in [-0.4, -0.2) is 45.4 Å². The normalized spacial score (nSPS) is 18.8. The number of ether oxygens (including phenoxy) is 1. The van der Waals surface area contributed by atoms with Crippen LogP contribution in [0.3, 0.4) is 0 Å². The summed E-state index contributed by atoms with van der Waals surface area (Å²) in [5.74, 6) is 1.50. The van der Waals surface area contributed by atoms with Gasteiger partial charge in [0.1, 0.15) is 11.2 Å². The molecular formula is C27H25N7O2. The third-order valence-electron chi connectivity index (χ3n) is 6.87. The minimum absolute atomic E-state index is 0.219. The van der Waals surface area contributed by atoms with Crippen molar-refractivity contribution >= 4 is 22.6 Å². The lowest BCUT2D eigenvalue weighted by Crippen LogP contribution is -2.37. The molecule has 5 heterocycles. The molecule has 0 saturated carbocycles. The predicted octanol–water partition coefficient (Wildman–Crippen LogP) is 3.27. The van der Waals surface area contributed by atoms with Crippen molar-refractivity contribution in [2.45, 2.75) is 31.9 Å². The van der Waals surface area contributed by atoms with E-state index in [0.717, 1.165) is 46.8 Å². The van der Waals surface area contributed by atoms with Gasteiger partial charge in [-0.1, -0.05) is 12.1 Å². The molecule has 1 amide bonds. The lowest BCUT2D eigenvalue weighted by molar-refractivity contribution is 0.0757. The number of nitrogens with zero attached hydrogens (tertiary/aromatic N) is 6. The van der Waals surface area contributed by atoms with E-state index in [-0.39, 0.29) is 12.5 Å². The quantitative estimate of drug-likeness (QED) is 0.468. The zero-order chi connectivity index (χ0) is 24.7. The van der Waals surface area contributed by atoms with E-state index in [9.17, 15) is 10.1 Å². The van der Waals surface area contributed by atoms with E-state index >= 15 is 0 Å². The fourth-order valence-electron chi connectivity index (χ4n) is 4.60. The van der Waals surface area contributed by atoms with Gasteiger partial charge in [0, 0.05) is 36.4 Å². The standard InChI is InChI=1S/C27H25N7O2/c1-27(16-28)17-36-15-19-7-6-18(10-22(19)27)26(35)30-13-21-11-23-20(12-29-21)14-34(32-23)25-5-2-4-24(31-25)33-8-3-9-33/h2,4-7,10-12,14H,3,8-9,13,15,17H2,1H3,(H,30,35)/t27-/m1/s1. The lowest BCUT2D eigenvalue weighted by Gasteiger charge is -2.32. The molecule has 2 aliphatic rings. The molecule has 9 heteroatoms. The summed E-state index contributed by atoms with van der Waals surface area (Å²) < 4.78 is 7.32. The van der Waals surface area contributed by atoms with Gasteiger partial charge in [-0.3, -0.25) is 9.78 Å². The number of hydrogen-bond acceptors (Lipinski definition) is 7. The molecule has 3 aromatic heterocycles. The summed E-state index contributed by atoms with van der Waals surface area (Å²) >= 11 is 0. The van der Waals surface area contributed by atoms with Crippen LogP contribution in [0, 0.1) is 11.3 Å². The molecule has 9 nitrogen and oxygen atoms in total. The second-order valence-corrected chi connectivity index (χ2v) is 9.49. The molecular weight excluding hydrogens is 454 g/mol. The van der Waals surface area contributed by atoms with Crippen molar-refractivity contribution in [1.29, 1.82) is 5.26 Å². The molecule has 0 bridgehead atoms. The molecule has 0 unspecified atom stereocenters. The van der Waals surface area contributed by atoms with Gasteiger partial charge in [0.05, 0.1) is 37.0 Å². The van der Waals surface area contributed by atoms with Crippen molar-refractivity contribution in [3.05, 3.63) is 77.2 Å². The van der Waals surface area contributed by atoms with Gasteiger partial charge < -0.3 is 15.0 Å². The molecule has 1 aromatic carbocycles. The zero-order valence-electron chi connectivity index (χ0n) is 19.9.